The van der Waals surface area contributed by atoms with Gasteiger partial charge in [0.2, 0.25) is 0 Å². The molecule has 1 N–H and O–H groups in total. The lowest BCUT2D eigenvalue weighted by atomic mass is 9.60. The van der Waals surface area contributed by atoms with Gasteiger partial charge in [0.1, 0.15) is 17.4 Å². The molecule has 1 spiro atoms. The summed E-state index contributed by atoms with van der Waals surface area (Å²) in [6.45, 7) is 2.01. The summed E-state index contributed by atoms with van der Waals surface area (Å²) in [5.41, 5.74) is 2.27. The monoisotopic (exact) mass is 278 g/mol. The van der Waals surface area contributed by atoms with Crippen molar-refractivity contribution >= 4 is 25.0 Å². The maximum absolute atomic E-state index is 9.07. The molecule has 2 fully saturated rings. The van der Waals surface area contributed by atoms with E-state index >= 15 is 0 Å². The normalized spacial score (nSPS) is 20.5. The number of nitriles is 1. The number of H-pyrrole nitrogens is 1. The molecule has 0 amide bonds. The first-order valence-electron chi connectivity index (χ1n) is 7.07. The quantitative estimate of drug-likeness (QED) is 0.823. The lowest BCUT2D eigenvalue weighted by Gasteiger charge is -2.60. The van der Waals surface area contributed by atoms with Crippen molar-refractivity contribution in [2.45, 2.75) is 18.9 Å². The molecule has 2 aromatic rings. The molecule has 0 atom stereocenters. The van der Waals surface area contributed by atoms with Crippen molar-refractivity contribution < 1.29 is 0 Å². The van der Waals surface area contributed by atoms with Gasteiger partial charge >= 0.3 is 0 Å². The van der Waals surface area contributed by atoms with Crippen LogP contribution in [0.3, 0.4) is 0 Å². The van der Waals surface area contributed by atoms with Gasteiger partial charge in [-0.1, -0.05) is 0 Å². The summed E-state index contributed by atoms with van der Waals surface area (Å²) >= 11 is 0. The highest BCUT2D eigenvalue weighted by molar-refractivity contribution is 6.04. The summed E-state index contributed by atoms with van der Waals surface area (Å²) in [6, 6.07) is 2.65. The van der Waals surface area contributed by atoms with Gasteiger partial charge in [0.25, 0.3) is 0 Å². The van der Waals surface area contributed by atoms with Crippen molar-refractivity contribution in [2.24, 2.45) is 5.41 Å². The third-order valence-corrected chi connectivity index (χ3v) is 4.78. The Morgan fingerprint density at radius 2 is 2.29 bits per heavy atom. The van der Waals surface area contributed by atoms with E-state index < -0.39 is 0 Å². The average Bonchev–Trinajstić information content (AvgIpc) is 2.77. The van der Waals surface area contributed by atoms with Gasteiger partial charge in [-0.3, -0.25) is 0 Å². The number of nitrogens with zero attached hydrogens (tertiary/aromatic N) is 5. The molecule has 3 heterocycles. The fourth-order valence-electron chi connectivity index (χ4n) is 3.53. The summed E-state index contributed by atoms with van der Waals surface area (Å²) in [4.78, 5) is 15.9. The number of rotatable bonds is 2. The highest BCUT2D eigenvalue weighted by atomic mass is 15.3. The Kier molecular flexibility index (Phi) is 2.54. The summed E-state index contributed by atoms with van der Waals surface area (Å²) < 4.78 is 0. The van der Waals surface area contributed by atoms with Crippen LogP contribution in [0.15, 0.2) is 12.4 Å². The van der Waals surface area contributed by atoms with Crippen LogP contribution in [0, 0.1) is 16.7 Å². The Morgan fingerprint density at radius 1 is 1.52 bits per heavy atom. The SMILES string of the molecule is [B]N(C)C1CC2(C1)CN(c1cnc3[nH]cc(C#N)c3n1)C2. The van der Waals surface area contributed by atoms with Crippen LogP contribution in [0.1, 0.15) is 18.4 Å². The smallest absolute Gasteiger partial charge is 0.182 e. The fraction of sp³-hybridized carbons (Fsp3) is 0.500. The van der Waals surface area contributed by atoms with Gasteiger partial charge in [-0.05, 0) is 25.9 Å². The van der Waals surface area contributed by atoms with E-state index in [0.717, 1.165) is 31.7 Å². The molecule has 2 aromatic heterocycles. The zero-order valence-electron chi connectivity index (χ0n) is 11.9. The average molecular weight is 278 g/mol. The fourth-order valence-corrected chi connectivity index (χ4v) is 3.53. The first-order chi connectivity index (χ1) is 10.1. The molecule has 1 aliphatic carbocycles. The Hall–Kier alpha value is -2.07. The van der Waals surface area contributed by atoms with Crippen molar-refractivity contribution in [3.05, 3.63) is 18.0 Å². The van der Waals surface area contributed by atoms with E-state index in [9.17, 15) is 0 Å². The molecule has 0 unspecified atom stereocenters. The highest BCUT2D eigenvalue weighted by Gasteiger charge is 2.53. The van der Waals surface area contributed by atoms with E-state index in [4.69, 9.17) is 13.2 Å². The molecular formula is C14H15BN6. The molecule has 0 aromatic carbocycles. The molecular weight excluding hydrogens is 263 g/mol. The number of aromatic amines is 1. The van der Waals surface area contributed by atoms with Gasteiger partial charge < -0.3 is 14.7 Å². The van der Waals surface area contributed by atoms with Gasteiger partial charge in [-0.25, -0.2) is 9.97 Å². The zero-order chi connectivity index (χ0) is 14.6. The highest BCUT2D eigenvalue weighted by Crippen LogP contribution is 2.50. The van der Waals surface area contributed by atoms with Crippen molar-refractivity contribution in [1.29, 1.82) is 5.26 Å². The lowest BCUT2D eigenvalue weighted by molar-refractivity contribution is 0.0209. The number of hydrogen-bond donors (Lipinski definition) is 1. The number of fused-ring (bicyclic) bond motifs is 1. The Balaban J connectivity index is 1.51. The number of hydrogen-bond acceptors (Lipinski definition) is 5. The standard InChI is InChI=1S/C14H15BN6/c1-20(15)10-2-14(3-10)7-21(8-14)11-6-18-13-12(19-11)9(4-16)5-17-13/h5-6,10H,2-3,7-8H2,1H3,(H,17,18). The lowest BCUT2D eigenvalue weighted by Crippen LogP contribution is -2.66. The zero-order valence-corrected chi connectivity index (χ0v) is 11.9. The van der Waals surface area contributed by atoms with Crippen LogP contribution < -0.4 is 4.90 Å². The molecule has 1 saturated heterocycles. The van der Waals surface area contributed by atoms with E-state index in [1.54, 1.807) is 12.4 Å². The molecule has 21 heavy (non-hydrogen) atoms. The van der Waals surface area contributed by atoms with Crippen LogP contribution in [-0.2, 0) is 0 Å². The summed E-state index contributed by atoms with van der Waals surface area (Å²) in [7, 11) is 7.72. The van der Waals surface area contributed by atoms with E-state index in [0.29, 0.717) is 28.2 Å². The molecule has 1 aliphatic heterocycles. The Bertz CT molecular complexity index is 731. The van der Waals surface area contributed by atoms with Gasteiger partial charge in [0, 0.05) is 24.7 Å². The molecule has 6 nitrogen and oxygen atoms in total. The minimum Gasteiger partial charge on any atom is -0.354 e. The van der Waals surface area contributed by atoms with Crippen LogP contribution in [0.2, 0.25) is 0 Å². The molecule has 2 radical (unpaired) electrons. The molecule has 4 rings (SSSR count). The first-order valence-corrected chi connectivity index (χ1v) is 7.07. The topological polar surface area (TPSA) is 71.8 Å². The number of nitrogens with one attached hydrogen (secondary N) is 1. The first kappa shape index (κ1) is 12.7. The second kappa shape index (κ2) is 4.21. The van der Waals surface area contributed by atoms with Crippen LogP contribution in [0.5, 0.6) is 0 Å². The third-order valence-electron chi connectivity index (χ3n) is 4.78. The van der Waals surface area contributed by atoms with E-state index in [2.05, 4.69) is 25.9 Å². The molecule has 104 valence electrons. The van der Waals surface area contributed by atoms with Crippen molar-refractivity contribution in [2.75, 3.05) is 25.0 Å². The van der Waals surface area contributed by atoms with Gasteiger partial charge in [-0.2, -0.15) is 5.26 Å². The number of aromatic nitrogens is 3. The maximum Gasteiger partial charge on any atom is 0.182 e. The maximum atomic E-state index is 9.07. The van der Waals surface area contributed by atoms with Gasteiger partial charge in [0.05, 0.1) is 11.8 Å². The number of anilines is 1. The summed E-state index contributed by atoms with van der Waals surface area (Å²) in [6.07, 6.45) is 5.73. The summed E-state index contributed by atoms with van der Waals surface area (Å²) in [5, 5.41) is 9.07. The van der Waals surface area contributed by atoms with Gasteiger partial charge in [0.15, 0.2) is 13.6 Å². The van der Waals surface area contributed by atoms with E-state index in [1.807, 2.05) is 11.9 Å². The third kappa shape index (κ3) is 1.83. The van der Waals surface area contributed by atoms with Gasteiger partial charge in [-0.15, -0.1) is 0 Å². The van der Waals surface area contributed by atoms with Crippen LogP contribution in [0.4, 0.5) is 5.82 Å². The minimum atomic E-state index is 0.408. The molecule has 1 saturated carbocycles. The Labute approximate surface area is 124 Å². The molecule has 7 heteroatoms. The molecule has 2 aliphatic rings. The predicted octanol–water partition coefficient (Wildman–Crippen LogP) is 0.814. The van der Waals surface area contributed by atoms with Crippen molar-refractivity contribution in [3.8, 4) is 6.07 Å². The minimum absolute atomic E-state index is 0.408. The summed E-state index contributed by atoms with van der Waals surface area (Å²) in [5.74, 6) is 0.855. The van der Waals surface area contributed by atoms with E-state index in [1.165, 1.54) is 0 Å². The molecule has 0 bridgehead atoms. The van der Waals surface area contributed by atoms with Crippen molar-refractivity contribution in [1.82, 2.24) is 19.8 Å². The second-order valence-electron chi connectivity index (χ2n) is 6.32. The Morgan fingerprint density at radius 3 is 2.95 bits per heavy atom. The van der Waals surface area contributed by atoms with Crippen LogP contribution >= 0.6 is 0 Å². The van der Waals surface area contributed by atoms with Crippen molar-refractivity contribution in [3.63, 3.8) is 0 Å². The largest absolute Gasteiger partial charge is 0.354 e. The van der Waals surface area contributed by atoms with Crippen LogP contribution in [0.25, 0.3) is 11.2 Å². The predicted molar refractivity (Wildman–Crippen MR) is 79.8 cm³/mol. The second-order valence-corrected chi connectivity index (χ2v) is 6.32. The van der Waals surface area contributed by atoms with Crippen LogP contribution in [-0.4, -0.2) is 53.9 Å². The van der Waals surface area contributed by atoms with E-state index in [-0.39, 0.29) is 0 Å².